The molecule has 22 heavy (non-hydrogen) atoms. The van der Waals surface area contributed by atoms with Gasteiger partial charge in [-0.15, -0.1) is 26.3 Å². The number of hydrogen-bond donors (Lipinski definition) is 2. The normalized spacial score (nSPS) is 27.0. The van der Waals surface area contributed by atoms with Crippen molar-refractivity contribution in [3.05, 3.63) is 50.6 Å². The summed E-state index contributed by atoms with van der Waals surface area (Å²) in [4.78, 5) is 0. The first kappa shape index (κ1) is 19.9. The topological polar surface area (TPSA) is 40.5 Å². The molecule has 0 heterocycles. The van der Waals surface area contributed by atoms with Gasteiger partial charge in [-0.3, -0.25) is 0 Å². The highest BCUT2D eigenvalue weighted by molar-refractivity contribution is 9.25. The van der Waals surface area contributed by atoms with Crippen LogP contribution in [-0.4, -0.2) is 24.6 Å². The van der Waals surface area contributed by atoms with E-state index in [2.05, 4.69) is 58.2 Å². The molecule has 0 spiro atoms. The highest BCUT2D eigenvalue weighted by Gasteiger charge is 2.82. The van der Waals surface area contributed by atoms with Gasteiger partial charge < -0.3 is 10.2 Å². The average molecular weight is 434 g/mol. The molecular formula is C18H26Br2O2. The molecule has 1 rings (SSSR count). The highest BCUT2D eigenvalue weighted by Crippen LogP contribution is 2.79. The maximum atomic E-state index is 11.3. The van der Waals surface area contributed by atoms with Crippen LogP contribution in [0.5, 0.6) is 0 Å². The first-order valence-electron chi connectivity index (χ1n) is 7.37. The van der Waals surface area contributed by atoms with E-state index in [1.165, 1.54) is 0 Å². The van der Waals surface area contributed by atoms with Crippen LogP contribution in [0.15, 0.2) is 50.6 Å². The fourth-order valence-corrected chi connectivity index (χ4v) is 6.52. The molecule has 0 bridgehead atoms. The lowest BCUT2D eigenvalue weighted by Gasteiger charge is -2.37. The molecular weight excluding hydrogens is 408 g/mol. The minimum Gasteiger partial charge on any atom is -0.389 e. The lowest BCUT2D eigenvalue weighted by molar-refractivity contribution is -0.0619. The molecule has 0 amide bonds. The summed E-state index contributed by atoms with van der Waals surface area (Å²) in [6, 6.07) is 0. The Labute approximate surface area is 151 Å². The van der Waals surface area contributed by atoms with Gasteiger partial charge in [-0.05, 0) is 25.7 Å². The monoisotopic (exact) mass is 432 g/mol. The first-order chi connectivity index (χ1) is 10.1. The van der Waals surface area contributed by atoms with Crippen LogP contribution in [-0.2, 0) is 0 Å². The van der Waals surface area contributed by atoms with E-state index >= 15 is 0 Å². The fraction of sp³-hybridized carbons (Fsp3) is 0.556. The van der Waals surface area contributed by atoms with Crippen molar-refractivity contribution in [2.24, 2.45) is 11.3 Å². The first-order valence-corrected chi connectivity index (χ1v) is 8.96. The Morgan fingerprint density at radius 3 is 1.59 bits per heavy atom. The van der Waals surface area contributed by atoms with Crippen LogP contribution in [0.3, 0.4) is 0 Å². The van der Waals surface area contributed by atoms with Crippen molar-refractivity contribution < 1.29 is 10.2 Å². The Kier molecular flexibility index (Phi) is 6.11. The standard InChI is InChI=1S/C18H26Br2O2/c1-6-10-16(21,11-7-2)14-15(5,18(14,19)20)17(22,12-8-3)13-9-4/h6-9,14,21-22H,1-4,10-13H2,5H3/t14-,15-/m0/s1. The van der Waals surface area contributed by atoms with Crippen molar-refractivity contribution in [1.29, 1.82) is 0 Å². The molecule has 0 aromatic carbocycles. The zero-order valence-electron chi connectivity index (χ0n) is 13.2. The van der Waals surface area contributed by atoms with Crippen LogP contribution in [0, 0.1) is 11.3 Å². The maximum Gasteiger partial charge on any atom is 0.0953 e. The number of hydrogen-bond acceptors (Lipinski definition) is 2. The summed E-state index contributed by atoms with van der Waals surface area (Å²) < 4.78 is -0.575. The van der Waals surface area contributed by atoms with Crippen LogP contribution in [0.1, 0.15) is 32.6 Å². The Balaban J connectivity index is 3.33. The third-order valence-corrected chi connectivity index (χ3v) is 7.58. The molecule has 0 radical (unpaired) electrons. The summed E-state index contributed by atoms with van der Waals surface area (Å²) in [6.07, 6.45) is 8.52. The average Bonchev–Trinajstić information content (AvgIpc) is 2.87. The van der Waals surface area contributed by atoms with Crippen LogP contribution < -0.4 is 0 Å². The van der Waals surface area contributed by atoms with Crippen molar-refractivity contribution in [2.75, 3.05) is 0 Å². The molecule has 1 fully saturated rings. The predicted molar refractivity (Wildman–Crippen MR) is 101 cm³/mol. The van der Waals surface area contributed by atoms with E-state index in [-0.39, 0.29) is 5.92 Å². The molecule has 2 N–H and O–H groups in total. The van der Waals surface area contributed by atoms with Gasteiger partial charge in [-0.2, -0.15) is 0 Å². The van der Waals surface area contributed by atoms with Gasteiger partial charge >= 0.3 is 0 Å². The van der Waals surface area contributed by atoms with E-state index in [9.17, 15) is 10.2 Å². The maximum absolute atomic E-state index is 11.3. The number of halogens is 2. The predicted octanol–water partition coefficient (Wildman–Crippen LogP) is 4.88. The molecule has 2 nitrogen and oxygen atoms in total. The minimum atomic E-state index is -1.05. The highest BCUT2D eigenvalue weighted by atomic mass is 79.9. The summed E-state index contributed by atoms with van der Waals surface area (Å²) in [7, 11) is 0. The van der Waals surface area contributed by atoms with Gasteiger partial charge in [0.1, 0.15) is 0 Å². The second-order valence-electron chi connectivity index (χ2n) is 6.36. The van der Waals surface area contributed by atoms with Gasteiger partial charge in [0.25, 0.3) is 0 Å². The summed E-state index contributed by atoms with van der Waals surface area (Å²) in [5.41, 5.74) is -2.67. The smallest absolute Gasteiger partial charge is 0.0953 e. The molecule has 0 saturated heterocycles. The SMILES string of the molecule is C=CCC(O)(CC=C)[C@H]1C(Br)(Br)[C@]1(C)C(O)(CC=C)CC=C. The van der Waals surface area contributed by atoms with Crippen LogP contribution >= 0.6 is 31.9 Å². The van der Waals surface area contributed by atoms with Crippen LogP contribution in [0.2, 0.25) is 0 Å². The fourth-order valence-electron chi connectivity index (χ4n) is 3.79. The van der Waals surface area contributed by atoms with E-state index in [0.29, 0.717) is 25.7 Å². The molecule has 4 heteroatoms. The Morgan fingerprint density at radius 2 is 1.27 bits per heavy atom. The van der Waals surface area contributed by atoms with Gasteiger partial charge in [-0.1, -0.05) is 63.1 Å². The zero-order valence-corrected chi connectivity index (χ0v) is 16.4. The third kappa shape index (κ3) is 2.83. The lowest BCUT2D eigenvalue weighted by atomic mass is 9.74. The van der Waals surface area contributed by atoms with Crippen LogP contribution in [0.25, 0.3) is 0 Å². The summed E-state index contributed by atoms with van der Waals surface area (Å²) in [5.74, 6) is -0.214. The molecule has 0 aromatic rings. The largest absolute Gasteiger partial charge is 0.389 e. The van der Waals surface area contributed by atoms with E-state index in [0.717, 1.165) is 0 Å². The number of aliphatic hydroxyl groups is 2. The van der Waals surface area contributed by atoms with Crippen molar-refractivity contribution in [2.45, 2.75) is 47.0 Å². The van der Waals surface area contributed by atoms with Gasteiger partial charge in [0.05, 0.1) is 14.4 Å². The lowest BCUT2D eigenvalue weighted by Crippen LogP contribution is -2.43. The second-order valence-corrected chi connectivity index (χ2v) is 9.93. The molecule has 0 aliphatic heterocycles. The molecule has 124 valence electrons. The second kappa shape index (κ2) is 6.76. The summed E-state index contributed by atoms with van der Waals surface area (Å²) >= 11 is 7.37. The van der Waals surface area contributed by atoms with Gasteiger partial charge in [-0.25, -0.2) is 0 Å². The van der Waals surface area contributed by atoms with Crippen LogP contribution in [0.4, 0.5) is 0 Å². The number of alkyl halides is 2. The van der Waals surface area contributed by atoms with Gasteiger partial charge in [0.2, 0.25) is 0 Å². The van der Waals surface area contributed by atoms with Crippen molar-refractivity contribution in [3.8, 4) is 0 Å². The molecule has 1 aliphatic carbocycles. The minimum absolute atomic E-state index is 0.214. The van der Waals surface area contributed by atoms with E-state index in [1.54, 1.807) is 24.3 Å². The van der Waals surface area contributed by atoms with Crippen molar-refractivity contribution >= 4 is 31.9 Å². The summed E-state index contributed by atoms with van der Waals surface area (Å²) in [6.45, 7) is 17.0. The van der Waals surface area contributed by atoms with E-state index in [1.807, 2.05) is 6.92 Å². The molecule has 1 saturated carbocycles. The van der Waals surface area contributed by atoms with E-state index < -0.39 is 19.9 Å². The molecule has 0 unspecified atom stereocenters. The van der Waals surface area contributed by atoms with Gasteiger partial charge in [0.15, 0.2) is 0 Å². The van der Waals surface area contributed by atoms with E-state index in [4.69, 9.17) is 0 Å². The zero-order chi connectivity index (χ0) is 17.2. The Morgan fingerprint density at radius 1 is 0.909 bits per heavy atom. The van der Waals surface area contributed by atoms with Crippen molar-refractivity contribution in [3.63, 3.8) is 0 Å². The third-order valence-electron chi connectivity index (χ3n) is 5.01. The summed E-state index contributed by atoms with van der Waals surface area (Å²) in [5, 5.41) is 22.4. The Bertz CT molecular complexity index is 450. The van der Waals surface area contributed by atoms with Crippen molar-refractivity contribution in [1.82, 2.24) is 0 Å². The quantitative estimate of drug-likeness (QED) is 0.381. The Hall–Kier alpha value is -0.160. The molecule has 1 aliphatic rings. The van der Waals surface area contributed by atoms with Gasteiger partial charge in [0, 0.05) is 11.3 Å². The molecule has 2 atom stereocenters. The molecule has 0 aromatic heterocycles. The number of rotatable bonds is 10.